The fourth-order valence-corrected chi connectivity index (χ4v) is 3.06. The van der Waals surface area contributed by atoms with Crippen molar-refractivity contribution in [2.75, 3.05) is 7.05 Å². The van der Waals surface area contributed by atoms with Crippen LogP contribution in [0, 0.1) is 11.8 Å². The molecule has 1 fully saturated rings. The SMILES string of the molecule is CNC1(C)CC(C)C=C2CC(C2)C1. The molecule has 0 saturated heterocycles. The Hall–Kier alpha value is -0.300. The van der Waals surface area contributed by atoms with E-state index in [0.717, 1.165) is 11.8 Å². The van der Waals surface area contributed by atoms with Crippen LogP contribution in [0.25, 0.3) is 0 Å². The molecule has 0 aromatic carbocycles. The van der Waals surface area contributed by atoms with Crippen molar-refractivity contribution in [2.45, 2.75) is 45.1 Å². The quantitative estimate of drug-likeness (QED) is 0.610. The van der Waals surface area contributed by atoms with Gasteiger partial charge in [-0.3, -0.25) is 0 Å². The topological polar surface area (TPSA) is 12.0 Å². The lowest BCUT2D eigenvalue weighted by Gasteiger charge is -2.42. The van der Waals surface area contributed by atoms with E-state index >= 15 is 0 Å². The van der Waals surface area contributed by atoms with Crippen LogP contribution in [0.15, 0.2) is 11.6 Å². The van der Waals surface area contributed by atoms with E-state index in [4.69, 9.17) is 0 Å². The Labute approximate surface area is 81.6 Å². The summed E-state index contributed by atoms with van der Waals surface area (Å²) in [5.74, 6) is 1.73. The highest BCUT2D eigenvalue weighted by molar-refractivity contribution is 5.17. The lowest BCUT2D eigenvalue weighted by atomic mass is 9.67. The average Bonchev–Trinajstić information content (AvgIpc) is 1.97. The number of nitrogens with one attached hydrogen (secondary N) is 1. The zero-order valence-corrected chi connectivity index (χ0v) is 9.06. The molecule has 0 spiro atoms. The van der Waals surface area contributed by atoms with Crippen molar-refractivity contribution in [3.63, 3.8) is 0 Å². The summed E-state index contributed by atoms with van der Waals surface area (Å²) in [4.78, 5) is 0. The second-order valence-electron chi connectivity index (χ2n) is 5.30. The molecule has 13 heavy (non-hydrogen) atoms. The first kappa shape index (κ1) is 9.26. The fourth-order valence-electron chi connectivity index (χ4n) is 3.06. The molecule has 2 bridgehead atoms. The van der Waals surface area contributed by atoms with E-state index in [1.54, 1.807) is 5.57 Å². The maximum atomic E-state index is 3.50. The second kappa shape index (κ2) is 3.13. The molecule has 1 heteroatoms. The molecule has 0 aromatic rings. The van der Waals surface area contributed by atoms with E-state index < -0.39 is 0 Å². The third-order valence-electron chi connectivity index (χ3n) is 3.74. The minimum absolute atomic E-state index is 0.381. The van der Waals surface area contributed by atoms with Crippen LogP contribution in [-0.2, 0) is 0 Å². The van der Waals surface area contributed by atoms with Gasteiger partial charge in [-0.2, -0.15) is 0 Å². The number of rotatable bonds is 1. The van der Waals surface area contributed by atoms with Crippen molar-refractivity contribution in [2.24, 2.45) is 11.8 Å². The molecule has 0 amide bonds. The summed E-state index contributed by atoms with van der Waals surface area (Å²) in [6.07, 6.45) is 7.92. The Morgan fingerprint density at radius 3 is 2.69 bits per heavy atom. The molecule has 3 aliphatic carbocycles. The van der Waals surface area contributed by atoms with E-state index in [2.05, 4.69) is 32.3 Å². The summed E-state index contributed by atoms with van der Waals surface area (Å²) < 4.78 is 0. The van der Waals surface area contributed by atoms with Crippen LogP contribution in [0.3, 0.4) is 0 Å². The molecule has 0 aromatic heterocycles. The van der Waals surface area contributed by atoms with Crippen LogP contribution in [0.1, 0.15) is 39.5 Å². The molecular formula is C12H21N. The highest BCUT2D eigenvalue weighted by Crippen LogP contribution is 2.43. The standard InChI is InChI=1S/C12H21N/c1-9-4-10-5-11(6-10)8-12(2,7-9)13-3/h4,9,11,13H,5-8H2,1-3H3. The van der Waals surface area contributed by atoms with E-state index in [0.29, 0.717) is 5.54 Å². The number of allylic oxidation sites excluding steroid dienone is 2. The average molecular weight is 179 g/mol. The molecule has 0 heterocycles. The lowest BCUT2D eigenvalue weighted by molar-refractivity contribution is 0.213. The van der Waals surface area contributed by atoms with Crippen molar-refractivity contribution in [1.82, 2.24) is 5.32 Å². The zero-order chi connectivity index (χ0) is 9.47. The van der Waals surface area contributed by atoms with E-state index in [-0.39, 0.29) is 0 Å². The van der Waals surface area contributed by atoms with Crippen LogP contribution < -0.4 is 5.32 Å². The van der Waals surface area contributed by atoms with Gasteiger partial charge in [0.05, 0.1) is 0 Å². The van der Waals surface area contributed by atoms with Gasteiger partial charge in [-0.05, 0) is 51.5 Å². The molecule has 1 nitrogen and oxygen atoms in total. The summed E-state index contributed by atoms with van der Waals surface area (Å²) in [5, 5.41) is 3.50. The molecule has 1 saturated carbocycles. The van der Waals surface area contributed by atoms with Gasteiger partial charge in [-0.15, -0.1) is 0 Å². The number of hydrogen-bond donors (Lipinski definition) is 1. The number of hydrogen-bond acceptors (Lipinski definition) is 1. The predicted molar refractivity (Wildman–Crippen MR) is 56.7 cm³/mol. The molecule has 1 N–H and O–H groups in total. The van der Waals surface area contributed by atoms with Crippen molar-refractivity contribution in [3.05, 3.63) is 11.6 Å². The lowest BCUT2D eigenvalue weighted by Crippen LogP contribution is -2.45. The summed E-state index contributed by atoms with van der Waals surface area (Å²) in [5.41, 5.74) is 2.10. The molecule has 74 valence electrons. The van der Waals surface area contributed by atoms with Crippen LogP contribution in [-0.4, -0.2) is 12.6 Å². The van der Waals surface area contributed by atoms with Crippen LogP contribution in [0.2, 0.25) is 0 Å². The Balaban J connectivity index is 2.14. The summed E-state index contributed by atoms with van der Waals surface area (Å²) >= 11 is 0. The Morgan fingerprint density at radius 2 is 2.08 bits per heavy atom. The smallest absolute Gasteiger partial charge is 0.0158 e. The first-order valence-electron chi connectivity index (χ1n) is 5.50. The molecule has 3 aliphatic rings. The molecule has 2 atom stereocenters. The van der Waals surface area contributed by atoms with Gasteiger partial charge in [0.25, 0.3) is 0 Å². The van der Waals surface area contributed by atoms with Gasteiger partial charge >= 0.3 is 0 Å². The van der Waals surface area contributed by atoms with Gasteiger partial charge in [0.2, 0.25) is 0 Å². The number of fused-ring (bicyclic) bond motifs is 4. The summed E-state index contributed by atoms with van der Waals surface area (Å²) in [7, 11) is 2.11. The van der Waals surface area contributed by atoms with E-state index in [1.165, 1.54) is 25.7 Å². The third-order valence-corrected chi connectivity index (χ3v) is 3.74. The maximum absolute atomic E-state index is 3.50. The second-order valence-corrected chi connectivity index (χ2v) is 5.30. The third kappa shape index (κ3) is 1.80. The molecule has 0 radical (unpaired) electrons. The van der Waals surface area contributed by atoms with Crippen molar-refractivity contribution >= 4 is 0 Å². The van der Waals surface area contributed by atoms with Gasteiger partial charge in [-0.1, -0.05) is 18.6 Å². The van der Waals surface area contributed by atoms with Crippen molar-refractivity contribution < 1.29 is 0 Å². The fraction of sp³-hybridized carbons (Fsp3) is 0.833. The van der Waals surface area contributed by atoms with E-state index in [1.807, 2.05) is 0 Å². The molecular weight excluding hydrogens is 158 g/mol. The minimum Gasteiger partial charge on any atom is -0.315 e. The van der Waals surface area contributed by atoms with Crippen molar-refractivity contribution in [3.8, 4) is 0 Å². The first-order valence-corrected chi connectivity index (χ1v) is 5.50. The van der Waals surface area contributed by atoms with Crippen LogP contribution in [0.5, 0.6) is 0 Å². The largest absolute Gasteiger partial charge is 0.315 e. The molecule has 2 unspecified atom stereocenters. The van der Waals surface area contributed by atoms with Crippen LogP contribution in [0.4, 0.5) is 0 Å². The minimum atomic E-state index is 0.381. The maximum Gasteiger partial charge on any atom is 0.0158 e. The summed E-state index contributed by atoms with van der Waals surface area (Å²) in [6.45, 7) is 4.72. The highest BCUT2D eigenvalue weighted by Gasteiger charge is 2.35. The normalized spacial score (nSPS) is 44.4. The van der Waals surface area contributed by atoms with Crippen molar-refractivity contribution in [1.29, 1.82) is 0 Å². The zero-order valence-electron chi connectivity index (χ0n) is 9.06. The Morgan fingerprint density at radius 1 is 1.38 bits per heavy atom. The highest BCUT2D eigenvalue weighted by atomic mass is 14.9. The van der Waals surface area contributed by atoms with Gasteiger partial charge in [0.15, 0.2) is 0 Å². The van der Waals surface area contributed by atoms with Crippen LogP contribution >= 0.6 is 0 Å². The van der Waals surface area contributed by atoms with Gasteiger partial charge in [0.1, 0.15) is 0 Å². The first-order chi connectivity index (χ1) is 6.11. The van der Waals surface area contributed by atoms with Gasteiger partial charge < -0.3 is 5.32 Å². The Bertz CT molecular complexity index is 223. The molecule has 0 aliphatic heterocycles. The van der Waals surface area contributed by atoms with E-state index in [9.17, 15) is 0 Å². The van der Waals surface area contributed by atoms with Gasteiger partial charge in [0, 0.05) is 5.54 Å². The van der Waals surface area contributed by atoms with Gasteiger partial charge in [-0.25, -0.2) is 0 Å². The summed E-state index contributed by atoms with van der Waals surface area (Å²) in [6, 6.07) is 0. The monoisotopic (exact) mass is 179 g/mol. The molecule has 3 rings (SSSR count). The predicted octanol–water partition coefficient (Wildman–Crippen LogP) is 2.73. The Kier molecular flexibility index (Phi) is 2.23.